The van der Waals surface area contributed by atoms with Crippen LogP contribution in [0, 0.1) is 0 Å². The van der Waals surface area contributed by atoms with Gasteiger partial charge in [0.05, 0.1) is 7.11 Å². The lowest BCUT2D eigenvalue weighted by Gasteiger charge is -2.20. The molecule has 1 aromatic carbocycles. The molecule has 1 amide bonds. The Balaban J connectivity index is 1.95. The van der Waals surface area contributed by atoms with Gasteiger partial charge < -0.3 is 15.0 Å². The highest BCUT2D eigenvalue weighted by Gasteiger charge is 2.19. The number of nitrogens with zero attached hydrogens (tertiary/aromatic N) is 1. The number of carbonyl (C=O) groups is 1. The summed E-state index contributed by atoms with van der Waals surface area (Å²) < 4.78 is 5.25. The van der Waals surface area contributed by atoms with Crippen LogP contribution in [0.4, 0.5) is 5.69 Å². The molecule has 1 aliphatic heterocycles. The fourth-order valence-corrected chi connectivity index (χ4v) is 2.24. The SMILES string of the molecule is CCC(=O)NCCN1CCc2ccc(OC)cc21. The van der Waals surface area contributed by atoms with Crippen molar-refractivity contribution < 1.29 is 9.53 Å². The molecule has 0 spiro atoms. The molecule has 2 rings (SSSR count). The van der Waals surface area contributed by atoms with Crippen molar-refractivity contribution in [2.45, 2.75) is 19.8 Å². The number of rotatable bonds is 5. The Bertz CT molecular complexity index is 432. The molecule has 0 aromatic heterocycles. The number of nitrogens with one attached hydrogen (secondary N) is 1. The van der Waals surface area contributed by atoms with Crippen molar-refractivity contribution in [1.82, 2.24) is 5.32 Å². The van der Waals surface area contributed by atoms with Crippen LogP contribution in [0.5, 0.6) is 5.75 Å². The van der Waals surface area contributed by atoms with Gasteiger partial charge in [-0.05, 0) is 18.1 Å². The van der Waals surface area contributed by atoms with Crippen LogP contribution in [0.15, 0.2) is 18.2 Å². The molecule has 0 saturated carbocycles. The van der Waals surface area contributed by atoms with Gasteiger partial charge in [-0.25, -0.2) is 0 Å². The highest BCUT2D eigenvalue weighted by molar-refractivity contribution is 5.75. The zero-order valence-electron chi connectivity index (χ0n) is 11.0. The van der Waals surface area contributed by atoms with Gasteiger partial charge in [0.1, 0.15) is 5.75 Å². The third-order valence-electron chi connectivity index (χ3n) is 3.31. The predicted molar refractivity (Wildman–Crippen MR) is 72.2 cm³/mol. The molecule has 1 N–H and O–H groups in total. The number of benzene rings is 1. The summed E-state index contributed by atoms with van der Waals surface area (Å²) in [6.45, 7) is 4.44. The van der Waals surface area contributed by atoms with Gasteiger partial charge in [0.2, 0.25) is 5.91 Å². The van der Waals surface area contributed by atoms with Crippen LogP contribution >= 0.6 is 0 Å². The summed E-state index contributed by atoms with van der Waals surface area (Å²) in [5, 5.41) is 2.91. The predicted octanol–water partition coefficient (Wildman–Crippen LogP) is 1.58. The second-order valence-electron chi connectivity index (χ2n) is 4.44. The molecule has 0 bridgehead atoms. The number of hydrogen-bond acceptors (Lipinski definition) is 3. The van der Waals surface area contributed by atoms with Crippen LogP contribution in [0.25, 0.3) is 0 Å². The maximum atomic E-state index is 11.2. The minimum Gasteiger partial charge on any atom is -0.497 e. The van der Waals surface area contributed by atoms with Crippen molar-refractivity contribution in [2.75, 3.05) is 31.6 Å². The number of hydrogen-bond donors (Lipinski definition) is 1. The quantitative estimate of drug-likeness (QED) is 0.860. The van der Waals surface area contributed by atoms with E-state index in [1.54, 1.807) is 7.11 Å². The fourth-order valence-electron chi connectivity index (χ4n) is 2.24. The molecule has 1 heterocycles. The largest absolute Gasteiger partial charge is 0.497 e. The Kier molecular flexibility index (Phi) is 4.07. The highest BCUT2D eigenvalue weighted by Crippen LogP contribution is 2.31. The number of fused-ring (bicyclic) bond motifs is 1. The molecule has 98 valence electrons. The van der Waals surface area contributed by atoms with E-state index in [2.05, 4.69) is 22.3 Å². The van der Waals surface area contributed by atoms with Gasteiger partial charge in [-0.3, -0.25) is 4.79 Å². The normalized spacial score (nSPS) is 13.3. The van der Waals surface area contributed by atoms with Crippen molar-refractivity contribution in [3.05, 3.63) is 23.8 Å². The van der Waals surface area contributed by atoms with Crippen molar-refractivity contribution in [2.24, 2.45) is 0 Å². The Hall–Kier alpha value is -1.71. The van der Waals surface area contributed by atoms with Gasteiger partial charge in [-0.1, -0.05) is 13.0 Å². The number of anilines is 1. The number of carbonyl (C=O) groups excluding carboxylic acids is 1. The van der Waals surface area contributed by atoms with E-state index in [1.807, 2.05) is 13.0 Å². The second-order valence-corrected chi connectivity index (χ2v) is 4.44. The van der Waals surface area contributed by atoms with E-state index < -0.39 is 0 Å². The molecule has 1 aliphatic rings. The lowest BCUT2D eigenvalue weighted by Crippen LogP contribution is -2.33. The first kappa shape index (κ1) is 12.7. The lowest BCUT2D eigenvalue weighted by molar-refractivity contribution is -0.120. The molecule has 0 radical (unpaired) electrons. The topological polar surface area (TPSA) is 41.6 Å². The zero-order valence-corrected chi connectivity index (χ0v) is 11.0. The smallest absolute Gasteiger partial charge is 0.219 e. The average molecular weight is 248 g/mol. The number of amides is 1. The van der Waals surface area contributed by atoms with E-state index in [1.165, 1.54) is 11.3 Å². The molecular formula is C14H20N2O2. The Labute approximate surface area is 108 Å². The van der Waals surface area contributed by atoms with Gasteiger partial charge in [-0.2, -0.15) is 0 Å². The molecule has 0 unspecified atom stereocenters. The summed E-state index contributed by atoms with van der Waals surface area (Å²) in [6.07, 6.45) is 1.62. The Morgan fingerprint density at radius 3 is 3.06 bits per heavy atom. The molecule has 1 aromatic rings. The van der Waals surface area contributed by atoms with Crippen molar-refractivity contribution in [1.29, 1.82) is 0 Å². The van der Waals surface area contributed by atoms with E-state index in [0.717, 1.165) is 25.3 Å². The monoisotopic (exact) mass is 248 g/mol. The first-order valence-electron chi connectivity index (χ1n) is 6.43. The van der Waals surface area contributed by atoms with Crippen LogP contribution in [-0.4, -0.2) is 32.7 Å². The number of methoxy groups -OCH3 is 1. The van der Waals surface area contributed by atoms with E-state index >= 15 is 0 Å². The zero-order chi connectivity index (χ0) is 13.0. The van der Waals surface area contributed by atoms with Crippen LogP contribution in [0.1, 0.15) is 18.9 Å². The lowest BCUT2D eigenvalue weighted by atomic mass is 10.1. The van der Waals surface area contributed by atoms with Gasteiger partial charge in [-0.15, -0.1) is 0 Å². The Morgan fingerprint density at radius 2 is 2.33 bits per heavy atom. The van der Waals surface area contributed by atoms with Crippen molar-refractivity contribution >= 4 is 11.6 Å². The summed E-state index contributed by atoms with van der Waals surface area (Å²) in [4.78, 5) is 13.5. The summed E-state index contributed by atoms with van der Waals surface area (Å²) in [5.74, 6) is 0.998. The fraction of sp³-hybridized carbons (Fsp3) is 0.500. The molecule has 18 heavy (non-hydrogen) atoms. The maximum absolute atomic E-state index is 11.2. The summed E-state index contributed by atoms with van der Waals surface area (Å²) in [5.41, 5.74) is 2.60. The average Bonchev–Trinajstić information content (AvgIpc) is 2.81. The van der Waals surface area contributed by atoms with Crippen LogP contribution in [0.2, 0.25) is 0 Å². The van der Waals surface area contributed by atoms with E-state index in [0.29, 0.717) is 13.0 Å². The molecule has 0 fully saturated rings. The third-order valence-corrected chi connectivity index (χ3v) is 3.31. The second kappa shape index (κ2) is 5.76. The minimum absolute atomic E-state index is 0.111. The first-order chi connectivity index (χ1) is 8.74. The molecule has 0 atom stereocenters. The van der Waals surface area contributed by atoms with E-state index in [9.17, 15) is 4.79 Å². The van der Waals surface area contributed by atoms with Crippen molar-refractivity contribution in [3.8, 4) is 5.75 Å². The molecule has 0 aliphatic carbocycles. The molecule has 0 saturated heterocycles. The van der Waals surface area contributed by atoms with Crippen molar-refractivity contribution in [3.63, 3.8) is 0 Å². The Morgan fingerprint density at radius 1 is 1.50 bits per heavy atom. The van der Waals surface area contributed by atoms with Crippen LogP contribution < -0.4 is 15.0 Å². The third kappa shape index (κ3) is 2.75. The van der Waals surface area contributed by atoms with Gasteiger partial charge in [0.15, 0.2) is 0 Å². The van der Waals surface area contributed by atoms with E-state index in [4.69, 9.17) is 4.74 Å². The molecule has 4 heteroatoms. The van der Waals surface area contributed by atoms with Gasteiger partial charge >= 0.3 is 0 Å². The van der Waals surface area contributed by atoms with Gasteiger partial charge in [0.25, 0.3) is 0 Å². The van der Waals surface area contributed by atoms with Crippen LogP contribution in [-0.2, 0) is 11.2 Å². The summed E-state index contributed by atoms with van der Waals surface area (Å²) in [6, 6.07) is 6.20. The summed E-state index contributed by atoms with van der Waals surface area (Å²) >= 11 is 0. The van der Waals surface area contributed by atoms with E-state index in [-0.39, 0.29) is 5.91 Å². The maximum Gasteiger partial charge on any atom is 0.219 e. The molecule has 4 nitrogen and oxygen atoms in total. The molecular weight excluding hydrogens is 228 g/mol. The number of ether oxygens (including phenoxy) is 1. The summed E-state index contributed by atoms with van der Waals surface area (Å²) in [7, 11) is 1.68. The highest BCUT2D eigenvalue weighted by atomic mass is 16.5. The van der Waals surface area contributed by atoms with Gasteiger partial charge in [0, 0.05) is 37.8 Å². The minimum atomic E-state index is 0.111. The van der Waals surface area contributed by atoms with Crippen LogP contribution in [0.3, 0.4) is 0 Å². The standard InChI is InChI=1S/C14H20N2O2/c1-3-14(17)15-7-9-16-8-6-11-4-5-12(18-2)10-13(11)16/h4-5,10H,3,6-9H2,1-2H3,(H,15,17). The first-order valence-corrected chi connectivity index (χ1v) is 6.43.